The zero-order valence-corrected chi connectivity index (χ0v) is 12.1. The molecule has 0 bridgehead atoms. The summed E-state index contributed by atoms with van der Waals surface area (Å²) in [6, 6.07) is 8.82. The zero-order valence-electron chi connectivity index (χ0n) is 12.1. The van der Waals surface area contributed by atoms with Crippen LogP contribution in [0.1, 0.15) is 43.5 Å². The fourth-order valence-corrected chi connectivity index (χ4v) is 2.54. The molecule has 1 aliphatic heterocycles. The number of hydrogen-bond donors (Lipinski definition) is 1. The largest absolute Gasteiger partial charge is 0.340 e. The maximum Gasteiger partial charge on any atom is 0.251 e. The minimum Gasteiger partial charge on any atom is -0.340 e. The Morgan fingerprint density at radius 2 is 1.95 bits per heavy atom. The van der Waals surface area contributed by atoms with Gasteiger partial charge < -0.3 is 10.2 Å². The van der Waals surface area contributed by atoms with Crippen LogP contribution in [0.15, 0.2) is 30.3 Å². The number of amides is 2. The van der Waals surface area contributed by atoms with E-state index in [4.69, 9.17) is 0 Å². The second-order valence-corrected chi connectivity index (χ2v) is 5.51. The normalized spacial score (nSPS) is 19.9. The zero-order chi connectivity index (χ0) is 14.5. The predicted molar refractivity (Wildman–Crippen MR) is 78.4 cm³/mol. The van der Waals surface area contributed by atoms with Crippen molar-refractivity contribution in [1.82, 2.24) is 10.2 Å². The maximum atomic E-state index is 12.5. The van der Waals surface area contributed by atoms with Crippen LogP contribution in [0.25, 0.3) is 0 Å². The number of nitrogens with one attached hydrogen (secondary N) is 1. The molecule has 0 saturated carbocycles. The Hall–Kier alpha value is -1.84. The summed E-state index contributed by atoms with van der Waals surface area (Å²) in [5, 5.41) is 2.88. The number of carbonyl (C=O) groups is 2. The van der Waals surface area contributed by atoms with E-state index in [9.17, 15) is 9.59 Å². The summed E-state index contributed by atoms with van der Waals surface area (Å²) >= 11 is 0. The molecule has 1 aliphatic rings. The highest BCUT2D eigenvalue weighted by Gasteiger charge is 2.29. The molecular weight excluding hydrogens is 252 g/mol. The highest BCUT2D eigenvalue weighted by Crippen LogP contribution is 2.15. The fourth-order valence-electron chi connectivity index (χ4n) is 2.54. The first-order valence-electron chi connectivity index (χ1n) is 7.26. The minimum absolute atomic E-state index is 0.0433. The Morgan fingerprint density at radius 1 is 1.25 bits per heavy atom. The molecule has 4 heteroatoms. The van der Waals surface area contributed by atoms with Gasteiger partial charge in [-0.25, -0.2) is 0 Å². The molecule has 0 spiro atoms. The fraction of sp³-hybridized carbons (Fsp3) is 0.500. The number of rotatable bonds is 3. The van der Waals surface area contributed by atoms with E-state index < -0.39 is 6.04 Å². The van der Waals surface area contributed by atoms with Gasteiger partial charge in [0.1, 0.15) is 6.04 Å². The first kappa shape index (κ1) is 14.6. The summed E-state index contributed by atoms with van der Waals surface area (Å²) in [4.78, 5) is 26.5. The van der Waals surface area contributed by atoms with Crippen molar-refractivity contribution in [3.05, 3.63) is 35.9 Å². The standard InChI is InChI=1S/C16H22N2O2/c1-12(2)18-11-7-6-10-14(16(18)20)17-15(19)13-8-4-3-5-9-13/h3-5,8-9,12,14H,6-7,10-11H2,1-2H3,(H,17,19). The summed E-state index contributed by atoms with van der Waals surface area (Å²) in [5.41, 5.74) is 0.598. The topological polar surface area (TPSA) is 49.4 Å². The van der Waals surface area contributed by atoms with E-state index in [0.717, 1.165) is 25.8 Å². The van der Waals surface area contributed by atoms with Gasteiger partial charge in [-0.1, -0.05) is 18.2 Å². The van der Waals surface area contributed by atoms with Crippen LogP contribution in [-0.2, 0) is 4.79 Å². The third kappa shape index (κ3) is 3.38. The van der Waals surface area contributed by atoms with E-state index >= 15 is 0 Å². The molecule has 1 fully saturated rings. The van der Waals surface area contributed by atoms with Crippen LogP contribution in [0.3, 0.4) is 0 Å². The number of hydrogen-bond acceptors (Lipinski definition) is 2. The van der Waals surface area contributed by atoms with Crippen LogP contribution >= 0.6 is 0 Å². The summed E-state index contributed by atoms with van der Waals surface area (Å²) in [6.45, 7) is 4.81. The van der Waals surface area contributed by atoms with Crippen molar-refractivity contribution in [2.24, 2.45) is 0 Å². The average Bonchev–Trinajstić information content (AvgIpc) is 2.62. The van der Waals surface area contributed by atoms with Gasteiger partial charge in [0.05, 0.1) is 0 Å². The lowest BCUT2D eigenvalue weighted by Gasteiger charge is -2.28. The monoisotopic (exact) mass is 274 g/mol. The molecule has 2 rings (SSSR count). The van der Waals surface area contributed by atoms with Gasteiger partial charge in [0.25, 0.3) is 5.91 Å². The maximum absolute atomic E-state index is 12.5. The van der Waals surface area contributed by atoms with E-state index in [1.165, 1.54) is 0 Å². The molecule has 1 atom stereocenters. The second kappa shape index (κ2) is 6.55. The van der Waals surface area contributed by atoms with E-state index in [1.807, 2.05) is 36.9 Å². The van der Waals surface area contributed by atoms with Crippen molar-refractivity contribution in [1.29, 1.82) is 0 Å². The van der Waals surface area contributed by atoms with Crippen molar-refractivity contribution in [3.63, 3.8) is 0 Å². The van der Waals surface area contributed by atoms with Crippen LogP contribution in [0.4, 0.5) is 0 Å². The number of likely N-dealkylation sites (tertiary alicyclic amines) is 1. The second-order valence-electron chi connectivity index (χ2n) is 5.51. The Bertz CT molecular complexity index is 471. The summed E-state index contributed by atoms with van der Waals surface area (Å²) < 4.78 is 0. The molecule has 20 heavy (non-hydrogen) atoms. The minimum atomic E-state index is -0.396. The Balaban J connectivity index is 2.07. The highest BCUT2D eigenvalue weighted by atomic mass is 16.2. The first-order valence-corrected chi connectivity index (χ1v) is 7.26. The Labute approximate surface area is 120 Å². The lowest BCUT2D eigenvalue weighted by Crippen LogP contribution is -2.49. The lowest BCUT2D eigenvalue weighted by molar-refractivity contribution is -0.134. The molecule has 1 aromatic carbocycles. The molecule has 1 heterocycles. The van der Waals surface area contributed by atoms with Crippen molar-refractivity contribution in [2.75, 3.05) is 6.54 Å². The van der Waals surface area contributed by atoms with E-state index in [1.54, 1.807) is 12.1 Å². The summed E-state index contributed by atoms with van der Waals surface area (Å²) in [6.07, 6.45) is 2.69. The molecule has 0 radical (unpaired) electrons. The number of carbonyl (C=O) groups excluding carboxylic acids is 2. The van der Waals surface area contributed by atoms with Crippen LogP contribution in [0, 0.1) is 0 Å². The molecule has 4 nitrogen and oxygen atoms in total. The van der Waals surface area contributed by atoms with Gasteiger partial charge in [-0.3, -0.25) is 9.59 Å². The SMILES string of the molecule is CC(C)N1CCCCC(NC(=O)c2ccccc2)C1=O. The Morgan fingerprint density at radius 3 is 2.60 bits per heavy atom. The van der Waals surface area contributed by atoms with E-state index in [2.05, 4.69) is 5.32 Å². The molecular formula is C16H22N2O2. The van der Waals surface area contributed by atoms with Crippen LogP contribution in [-0.4, -0.2) is 35.3 Å². The third-order valence-electron chi connectivity index (χ3n) is 3.69. The summed E-state index contributed by atoms with van der Waals surface area (Å²) in [7, 11) is 0. The highest BCUT2D eigenvalue weighted by molar-refractivity contribution is 5.97. The smallest absolute Gasteiger partial charge is 0.251 e. The molecule has 1 saturated heterocycles. The molecule has 0 aliphatic carbocycles. The van der Waals surface area contributed by atoms with Crippen LogP contribution in [0.5, 0.6) is 0 Å². The van der Waals surface area contributed by atoms with Crippen molar-refractivity contribution in [3.8, 4) is 0 Å². The molecule has 1 N–H and O–H groups in total. The van der Waals surface area contributed by atoms with Crippen LogP contribution in [0.2, 0.25) is 0 Å². The quantitative estimate of drug-likeness (QED) is 0.918. The molecule has 0 aromatic heterocycles. The summed E-state index contributed by atoms with van der Waals surface area (Å²) in [5.74, 6) is -0.128. The Kier molecular flexibility index (Phi) is 4.77. The van der Waals surface area contributed by atoms with Gasteiger partial charge in [0, 0.05) is 18.2 Å². The van der Waals surface area contributed by atoms with Gasteiger partial charge in [-0.15, -0.1) is 0 Å². The van der Waals surface area contributed by atoms with Crippen molar-refractivity contribution >= 4 is 11.8 Å². The van der Waals surface area contributed by atoms with Gasteiger partial charge in [-0.2, -0.15) is 0 Å². The van der Waals surface area contributed by atoms with Crippen molar-refractivity contribution in [2.45, 2.75) is 45.2 Å². The first-order chi connectivity index (χ1) is 9.59. The number of benzene rings is 1. The molecule has 108 valence electrons. The molecule has 1 aromatic rings. The van der Waals surface area contributed by atoms with E-state index in [-0.39, 0.29) is 17.9 Å². The average molecular weight is 274 g/mol. The van der Waals surface area contributed by atoms with Crippen LogP contribution < -0.4 is 5.32 Å². The lowest BCUT2D eigenvalue weighted by atomic mass is 10.1. The van der Waals surface area contributed by atoms with E-state index in [0.29, 0.717) is 5.56 Å². The third-order valence-corrected chi connectivity index (χ3v) is 3.69. The molecule has 2 amide bonds. The number of nitrogens with zero attached hydrogens (tertiary/aromatic N) is 1. The van der Waals surface area contributed by atoms with Gasteiger partial charge >= 0.3 is 0 Å². The molecule has 1 unspecified atom stereocenters. The van der Waals surface area contributed by atoms with Gasteiger partial charge in [0.15, 0.2) is 0 Å². The predicted octanol–water partition coefficient (Wildman–Crippen LogP) is 2.21. The van der Waals surface area contributed by atoms with Gasteiger partial charge in [0.2, 0.25) is 5.91 Å². The van der Waals surface area contributed by atoms with Crippen molar-refractivity contribution < 1.29 is 9.59 Å². The van der Waals surface area contributed by atoms with Gasteiger partial charge in [-0.05, 0) is 45.2 Å².